The minimum absolute atomic E-state index is 0.0762. The van der Waals surface area contributed by atoms with Crippen molar-refractivity contribution in [2.45, 2.75) is 0 Å². The van der Waals surface area contributed by atoms with Crippen molar-refractivity contribution >= 4 is 23.4 Å². The molecule has 1 heterocycles. The molecule has 2 aromatic rings. The van der Waals surface area contributed by atoms with Gasteiger partial charge in [-0.15, -0.1) is 0 Å². The molecule has 0 spiro atoms. The molecule has 0 aliphatic heterocycles. The summed E-state index contributed by atoms with van der Waals surface area (Å²) in [6, 6.07) is 7.82. The van der Waals surface area contributed by atoms with Crippen molar-refractivity contribution in [2.75, 3.05) is 0 Å². The predicted octanol–water partition coefficient (Wildman–Crippen LogP) is 2.61. The van der Waals surface area contributed by atoms with E-state index in [0.29, 0.717) is 16.1 Å². The Balaban J connectivity index is 2.37. The third-order valence-electron chi connectivity index (χ3n) is 2.59. The fraction of sp³-hybridized carbons (Fsp3) is 0.0769. The first-order chi connectivity index (χ1) is 8.49. The van der Waals surface area contributed by atoms with Gasteiger partial charge in [0.1, 0.15) is 5.69 Å². The molecule has 0 saturated carbocycles. The highest BCUT2D eigenvalue weighted by Gasteiger charge is 2.16. The van der Waals surface area contributed by atoms with Gasteiger partial charge in [0.2, 0.25) is 0 Å². The second-order valence-electron chi connectivity index (χ2n) is 3.87. The number of carbonyl (C=O) groups is 2. The molecule has 1 aromatic carbocycles. The maximum absolute atomic E-state index is 12.1. The molecule has 0 fully saturated rings. The maximum atomic E-state index is 12.1. The molecule has 0 radical (unpaired) electrons. The van der Waals surface area contributed by atoms with Crippen molar-refractivity contribution in [3.05, 3.63) is 58.4 Å². The van der Waals surface area contributed by atoms with E-state index in [1.165, 1.54) is 16.8 Å². The molecule has 0 unspecified atom stereocenters. The van der Waals surface area contributed by atoms with Crippen LogP contribution in [0.2, 0.25) is 5.02 Å². The second kappa shape index (κ2) is 4.66. The minimum atomic E-state index is -1.06. The summed E-state index contributed by atoms with van der Waals surface area (Å²) < 4.78 is 1.41. The van der Waals surface area contributed by atoms with Crippen molar-refractivity contribution in [3.63, 3.8) is 0 Å². The van der Waals surface area contributed by atoms with Gasteiger partial charge in [-0.3, -0.25) is 4.79 Å². The Hall–Kier alpha value is -2.07. The van der Waals surface area contributed by atoms with Gasteiger partial charge in [0.25, 0.3) is 0 Å². The number of aryl methyl sites for hydroxylation is 1. The van der Waals surface area contributed by atoms with Gasteiger partial charge in [-0.05, 0) is 30.3 Å². The van der Waals surface area contributed by atoms with Crippen LogP contribution in [0.15, 0.2) is 36.5 Å². The summed E-state index contributed by atoms with van der Waals surface area (Å²) in [6.07, 6.45) is 1.50. The third kappa shape index (κ3) is 2.28. The fourth-order valence-electron chi connectivity index (χ4n) is 1.67. The smallest absolute Gasteiger partial charge is 0.352 e. The van der Waals surface area contributed by atoms with Gasteiger partial charge in [-0.2, -0.15) is 0 Å². The standard InChI is InChI=1S/C13H10ClNO3/c1-15-7-9(6-11(15)13(17)18)12(16)8-2-4-10(14)5-3-8/h2-7H,1H3,(H,17,18). The van der Waals surface area contributed by atoms with Crippen LogP contribution >= 0.6 is 11.6 Å². The highest BCUT2D eigenvalue weighted by atomic mass is 35.5. The number of hydrogen-bond acceptors (Lipinski definition) is 2. The molecule has 0 aliphatic carbocycles. The van der Waals surface area contributed by atoms with Crippen LogP contribution < -0.4 is 0 Å². The quantitative estimate of drug-likeness (QED) is 0.866. The summed E-state index contributed by atoms with van der Waals surface area (Å²) in [5.74, 6) is -1.29. The van der Waals surface area contributed by atoms with E-state index in [-0.39, 0.29) is 11.5 Å². The molecule has 1 aromatic heterocycles. The van der Waals surface area contributed by atoms with Crippen LogP contribution in [0, 0.1) is 0 Å². The lowest BCUT2D eigenvalue weighted by molar-refractivity contribution is 0.0686. The molecule has 5 heteroatoms. The average Bonchev–Trinajstić information content (AvgIpc) is 2.71. The Kier molecular flexibility index (Phi) is 3.21. The zero-order chi connectivity index (χ0) is 13.3. The Bertz CT molecular complexity index is 614. The Morgan fingerprint density at radius 1 is 1.17 bits per heavy atom. The summed E-state index contributed by atoms with van der Waals surface area (Å²) in [6.45, 7) is 0. The second-order valence-corrected chi connectivity index (χ2v) is 4.30. The lowest BCUT2D eigenvalue weighted by atomic mass is 10.1. The number of aromatic nitrogens is 1. The number of carboxylic acids is 1. The van der Waals surface area contributed by atoms with E-state index in [2.05, 4.69) is 0 Å². The molecule has 1 N–H and O–H groups in total. The van der Waals surface area contributed by atoms with Crippen molar-refractivity contribution in [2.24, 2.45) is 7.05 Å². The number of halogens is 1. The summed E-state index contributed by atoms with van der Waals surface area (Å²) in [5.41, 5.74) is 0.895. The summed E-state index contributed by atoms with van der Waals surface area (Å²) >= 11 is 5.74. The molecular weight excluding hydrogens is 254 g/mol. The van der Waals surface area contributed by atoms with Gasteiger partial charge in [0, 0.05) is 29.4 Å². The summed E-state index contributed by atoms with van der Waals surface area (Å²) in [5, 5.41) is 9.47. The number of benzene rings is 1. The van der Waals surface area contributed by atoms with Crippen molar-refractivity contribution in [1.82, 2.24) is 4.57 Å². The van der Waals surface area contributed by atoms with E-state index in [9.17, 15) is 9.59 Å². The topological polar surface area (TPSA) is 59.3 Å². The molecule has 92 valence electrons. The van der Waals surface area contributed by atoms with Crippen molar-refractivity contribution < 1.29 is 14.7 Å². The van der Waals surface area contributed by atoms with Crippen LogP contribution in [0.1, 0.15) is 26.4 Å². The molecule has 0 bridgehead atoms. The lowest BCUT2D eigenvalue weighted by Gasteiger charge is -1.97. The monoisotopic (exact) mass is 263 g/mol. The maximum Gasteiger partial charge on any atom is 0.352 e. The Morgan fingerprint density at radius 2 is 1.78 bits per heavy atom. The molecule has 0 atom stereocenters. The fourth-order valence-corrected chi connectivity index (χ4v) is 1.80. The van der Waals surface area contributed by atoms with Crippen LogP contribution in [-0.4, -0.2) is 21.4 Å². The van der Waals surface area contributed by atoms with Crippen LogP contribution in [0.4, 0.5) is 0 Å². The van der Waals surface area contributed by atoms with E-state index >= 15 is 0 Å². The molecule has 0 saturated heterocycles. The van der Waals surface area contributed by atoms with Gasteiger partial charge in [0.15, 0.2) is 5.78 Å². The van der Waals surface area contributed by atoms with E-state index < -0.39 is 5.97 Å². The highest BCUT2D eigenvalue weighted by molar-refractivity contribution is 6.30. The van der Waals surface area contributed by atoms with E-state index in [1.807, 2.05) is 0 Å². The number of rotatable bonds is 3. The molecule has 0 aliphatic rings. The molecule has 2 rings (SSSR count). The van der Waals surface area contributed by atoms with Crippen molar-refractivity contribution in [1.29, 1.82) is 0 Å². The van der Waals surface area contributed by atoms with Crippen molar-refractivity contribution in [3.8, 4) is 0 Å². The summed E-state index contributed by atoms with van der Waals surface area (Å²) in [7, 11) is 1.59. The largest absolute Gasteiger partial charge is 0.477 e. The normalized spacial score (nSPS) is 10.3. The zero-order valence-corrected chi connectivity index (χ0v) is 10.3. The molecule has 0 amide bonds. The average molecular weight is 264 g/mol. The first kappa shape index (κ1) is 12.4. The van der Waals surface area contributed by atoms with Crippen LogP contribution in [0.3, 0.4) is 0 Å². The van der Waals surface area contributed by atoms with E-state index in [0.717, 1.165) is 0 Å². The number of ketones is 1. The van der Waals surface area contributed by atoms with Gasteiger partial charge >= 0.3 is 5.97 Å². The predicted molar refractivity (Wildman–Crippen MR) is 67.3 cm³/mol. The number of hydrogen-bond donors (Lipinski definition) is 1. The SMILES string of the molecule is Cn1cc(C(=O)c2ccc(Cl)cc2)cc1C(=O)O. The molecular formula is C13H10ClNO3. The third-order valence-corrected chi connectivity index (χ3v) is 2.84. The van der Waals surface area contributed by atoms with Gasteiger partial charge in [-0.1, -0.05) is 11.6 Å². The van der Waals surface area contributed by atoms with E-state index in [4.69, 9.17) is 16.7 Å². The Morgan fingerprint density at radius 3 is 2.28 bits per heavy atom. The van der Waals surface area contributed by atoms with E-state index in [1.54, 1.807) is 31.3 Å². The van der Waals surface area contributed by atoms with Crippen LogP contribution in [0.5, 0.6) is 0 Å². The number of aromatic carboxylic acids is 1. The number of carboxylic acid groups (broad SMARTS) is 1. The summed E-state index contributed by atoms with van der Waals surface area (Å²) in [4.78, 5) is 23.0. The number of nitrogens with zero attached hydrogens (tertiary/aromatic N) is 1. The minimum Gasteiger partial charge on any atom is -0.477 e. The molecule has 18 heavy (non-hydrogen) atoms. The van der Waals surface area contributed by atoms with Gasteiger partial charge in [-0.25, -0.2) is 4.79 Å². The van der Waals surface area contributed by atoms with Crippen LogP contribution in [0.25, 0.3) is 0 Å². The zero-order valence-electron chi connectivity index (χ0n) is 9.55. The first-order valence-corrected chi connectivity index (χ1v) is 5.57. The first-order valence-electron chi connectivity index (χ1n) is 5.19. The highest BCUT2D eigenvalue weighted by Crippen LogP contribution is 2.15. The lowest BCUT2D eigenvalue weighted by Crippen LogP contribution is -2.02. The number of carbonyl (C=O) groups excluding carboxylic acids is 1. The van der Waals surface area contributed by atoms with Gasteiger partial charge < -0.3 is 9.67 Å². The molecule has 4 nitrogen and oxygen atoms in total. The van der Waals surface area contributed by atoms with Crippen LogP contribution in [-0.2, 0) is 7.05 Å². The van der Waals surface area contributed by atoms with Gasteiger partial charge in [0.05, 0.1) is 0 Å². The Labute approximate surface area is 108 Å².